The summed E-state index contributed by atoms with van der Waals surface area (Å²) in [5.74, 6) is -1.01. The molecule has 5 nitrogen and oxygen atoms in total. The first-order chi connectivity index (χ1) is 9.58. The minimum absolute atomic E-state index is 0.0306. The van der Waals surface area contributed by atoms with Crippen molar-refractivity contribution < 1.29 is 19.4 Å². The Hall–Kier alpha value is -2.43. The summed E-state index contributed by atoms with van der Waals surface area (Å²) in [5, 5.41) is 19.1. The SMILES string of the molecule is Nc1c(O)c(-c2ccc(C(=O)O)o2)cc2c1CCCC2. The van der Waals surface area contributed by atoms with Crippen molar-refractivity contribution >= 4 is 11.7 Å². The van der Waals surface area contributed by atoms with Crippen LogP contribution in [0, 0.1) is 0 Å². The largest absolute Gasteiger partial charge is 0.505 e. The van der Waals surface area contributed by atoms with Gasteiger partial charge in [0.25, 0.3) is 0 Å². The molecule has 0 fully saturated rings. The van der Waals surface area contributed by atoms with Gasteiger partial charge in [-0.1, -0.05) is 0 Å². The maximum Gasteiger partial charge on any atom is 0.371 e. The van der Waals surface area contributed by atoms with Crippen LogP contribution in [0.15, 0.2) is 22.6 Å². The Bertz CT molecular complexity index is 687. The average Bonchev–Trinajstić information content (AvgIpc) is 2.92. The minimum Gasteiger partial charge on any atom is -0.505 e. The highest BCUT2D eigenvalue weighted by Gasteiger charge is 2.21. The van der Waals surface area contributed by atoms with E-state index in [0.717, 1.165) is 36.8 Å². The number of rotatable bonds is 2. The Morgan fingerprint density at radius 2 is 2.00 bits per heavy atom. The lowest BCUT2D eigenvalue weighted by atomic mass is 9.88. The van der Waals surface area contributed by atoms with Crippen LogP contribution >= 0.6 is 0 Å². The predicted octanol–water partition coefficient (Wildman–Crippen LogP) is 2.81. The number of carboxylic acid groups (broad SMARTS) is 1. The molecule has 4 N–H and O–H groups in total. The maximum atomic E-state index is 10.8. The van der Waals surface area contributed by atoms with Crippen LogP contribution < -0.4 is 5.73 Å². The highest BCUT2D eigenvalue weighted by atomic mass is 16.4. The zero-order chi connectivity index (χ0) is 14.3. The number of benzene rings is 1. The topological polar surface area (TPSA) is 96.7 Å². The molecule has 0 aliphatic heterocycles. The number of hydrogen-bond acceptors (Lipinski definition) is 4. The summed E-state index contributed by atoms with van der Waals surface area (Å²) in [7, 11) is 0. The summed E-state index contributed by atoms with van der Waals surface area (Å²) in [6.45, 7) is 0. The third-order valence-electron chi connectivity index (χ3n) is 3.75. The number of carboxylic acids is 1. The van der Waals surface area contributed by atoms with Crippen molar-refractivity contribution in [3.63, 3.8) is 0 Å². The van der Waals surface area contributed by atoms with Gasteiger partial charge in [0.1, 0.15) is 11.5 Å². The molecule has 104 valence electrons. The highest BCUT2D eigenvalue weighted by molar-refractivity contribution is 5.86. The monoisotopic (exact) mass is 273 g/mol. The molecule has 1 aromatic heterocycles. The quantitative estimate of drug-likeness (QED) is 0.577. The second-order valence-corrected chi connectivity index (χ2v) is 5.00. The normalized spacial score (nSPS) is 14.0. The Balaban J connectivity index is 2.13. The maximum absolute atomic E-state index is 10.8. The average molecular weight is 273 g/mol. The molecule has 1 aliphatic rings. The number of anilines is 1. The van der Waals surface area contributed by atoms with E-state index in [1.165, 1.54) is 12.1 Å². The number of nitrogen functional groups attached to an aromatic ring is 1. The van der Waals surface area contributed by atoms with E-state index >= 15 is 0 Å². The van der Waals surface area contributed by atoms with Gasteiger partial charge >= 0.3 is 5.97 Å². The van der Waals surface area contributed by atoms with Crippen LogP contribution in [0.1, 0.15) is 34.5 Å². The molecule has 0 unspecified atom stereocenters. The summed E-state index contributed by atoms with van der Waals surface area (Å²) < 4.78 is 5.24. The molecule has 0 amide bonds. The Kier molecular flexibility index (Phi) is 2.89. The lowest BCUT2D eigenvalue weighted by Gasteiger charge is -2.20. The number of carbonyl (C=O) groups is 1. The Labute approximate surface area is 115 Å². The molecule has 0 atom stereocenters. The number of hydrogen-bond donors (Lipinski definition) is 3. The van der Waals surface area contributed by atoms with Gasteiger partial charge < -0.3 is 20.4 Å². The van der Waals surface area contributed by atoms with Gasteiger partial charge in [-0.25, -0.2) is 4.79 Å². The fourth-order valence-electron chi connectivity index (χ4n) is 2.71. The van der Waals surface area contributed by atoms with Crippen molar-refractivity contribution in [2.24, 2.45) is 0 Å². The third kappa shape index (κ3) is 1.91. The van der Waals surface area contributed by atoms with E-state index in [2.05, 4.69) is 0 Å². The lowest BCUT2D eigenvalue weighted by Crippen LogP contribution is -2.07. The molecule has 0 spiro atoms. The molecule has 0 saturated heterocycles. The standard InChI is InChI=1S/C15H15NO4/c16-13-9-4-2-1-3-8(9)7-10(14(13)17)11-5-6-12(20-11)15(18)19/h5-7,17H,1-4,16H2,(H,18,19). The molecule has 20 heavy (non-hydrogen) atoms. The number of nitrogens with two attached hydrogens (primary N) is 1. The van der Waals surface area contributed by atoms with Crippen molar-refractivity contribution in [1.82, 2.24) is 0 Å². The van der Waals surface area contributed by atoms with Gasteiger partial charge in [-0.3, -0.25) is 0 Å². The van der Waals surface area contributed by atoms with Gasteiger partial charge in [0.05, 0.1) is 11.3 Å². The van der Waals surface area contributed by atoms with Crippen molar-refractivity contribution in [2.75, 3.05) is 5.73 Å². The van der Waals surface area contributed by atoms with E-state index in [1.807, 2.05) is 6.07 Å². The van der Waals surface area contributed by atoms with Crippen LogP contribution in [-0.4, -0.2) is 16.2 Å². The summed E-state index contributed by atoms with van der Waals surface area (Å²) in [5.41, 5.74) is 8.94. The smallest absolute Gasteiger partial charge is 0.371 e. The van der Waals surface area contributed by atoms with Crippen LogP contribution in [-0.2, 0) is 12.8 Å². The molecule has 0 bridgehead atoms. The predicted molar refractivity (Wildman–Crippen MR) is 73.8 cm³/mol. The number of aryl methyl sites for hydroxylation is 1. The van der Waals surface area contributed by atoms with E-state index in [0.29, 0.717) is 17.0 Å². The van der Waals surface area contributed by atoms with Gasteiger partial charge in [-0.15, -0.1) is 0 Å². The molecule has 1 aliphatic carbocycles. The van der Waals surface area contributed by atoms with Gasteiger partial charge in [0.15, 0.2) is 0 Å². The number of phenols is 1. The van der Waals surface area contributed by atoms with Crippen molar-refractivity contribution in [2.45, 2.75) is 25.7 Å². The van der Waals surface area contributed by atoms with Crippen LogP contribution in [0.5, 0.6) is 5.75 Å². The molecule has 5 heteroatoms. The summed E-state index contributed by atoms with van der Waals surface area (Å²) in [6.07, 6.45) is 3.95. The molecule has 0 saturated carbocycles. The number of fused-ring (bicyclic) bond motifs is 1. The Morgan fingerprint density at radius 1 is 1.25 bits per heavy atom. The van der Waals surface area contributed by atoms with E-state index in [4.69, 9.17) is 15.3 Å². The zero-order valence-corrected chi connectivity index (χ0v) is 10.8. The number of aromatic carboxylic acids is 1. The lowest BCUT2D eigenvalue weighted by molar-refractivity contribution is 0.0663. The van der Waals surface area contributed by atoms with Crippen LogP contribution in [0.3, 0.4) is 0 Å². The van der Waals surface area contributed by atoms with Gasteiger partial charge in [-0.05, 0) is 55.0 Å². The molecule has 0 radical (unpaired) electrons. The van der Waals surface area contributed by atoms with E-state index in [-0.39, 0.29) is 11.5 Å². The summed E-state index contributed by atoms with van der Waals surface area (Å²) in [6, 6.07) is 4.75. The van der Waals surface area contributed by atoms with Crippen molar-refractivity contribution in [3.8, 4) is 17.1 Å². The molecule has 2 aromatic rings. The molecule has 3 rings (SSSR count). The molecule has 1 aromatic carbocycles. The number of furan rings is 1. The second-order valence-electron chi connectivity index (χ2n) is 5.00. The minimum atomic E-state index is -1.14. The van der Waals surface area contributed by atoms with Crippen molar-refractivity contribution in [3.05, 3.63) is 35.1 Å². The van der Waals surface area contributed by atoms with E-state index in [9.17, 15) is 9.90 Å². The van der Waals surface area contributed by atoms with E-state index in [1.54, 1.807) is 0 Å². The first kappa shape index (κ1) is 12.6. The van der Waals surface area contributed by atoms with Gasteiger partial charge in [0, 0.05) is 0 Å². The van der Waals surface area contributed by atoms with Crippen LogP contribution in [0.4, 0.5) is 5.69 Å². The van der Waals surface area contributed by atoms with Gasteiger partial charge in [0.2, 0.25) is 5.76 Å². The fourth-order valence-corrected chi connectivity index (χ4v) is 2.71. The fraction of sp³-hybridized carbons (Fsp3) is 0.267. The first-order valence-electron chi connectivity index (χ1n) is 6.54. The van der Waals surface area contributed by atoms with Crippen LogP contribution in [0.25, 0.3) is 11.3 Å². The Morgan fingerprint density at radius 3 is 2.70 bits per heavy atom. The first-order valence-corrected chi connectivity index (χ1v) is 6.54. The zero-order valence-electron chi connectivity index (χ0n) is 10.8. The highest BCUT2D eigenvalue weighted by Crippen LogP contribution is 2.41. The molecular formula is C15H15NO4. The summed E-state index contributed by atoms with van der Waals surface area (Å²) in [4.78, 5) is 10.8. The number of aromatic hydroxyl groups is 1. The number of phenolic OH excluding ortho intramolecular Hbond substituents is 1. The second kappa shape index (κ2) is 4.59. The van der Waals surface area contributed by atoms with Gasteiger partial charge in [-0.2, -0.15) is 0 Å². The molecular weight excluding hydrogens is 258 g/mol. The van der Waals surface area contributed by atoms with E-state index < -0.39 is 5.97 Å². The third-order valence-corrected chi connectivity index (χ3v) is 3.75. The van der Waals surface area contributed by atoms with Crippen molar-refractivity contribution in [1.29, 1.82) is 0 Å². The van der Waals surface area contributed by atoms with Crippen LogP contribution in [0.2, 0.25) is 0 Å². The summed E-state index contributed by atoms with van der Waals surface area (Å²) >= 11 is 0. The molecule has 1 heterocycles.